The zero-order valence-corrected chi connectivity index (χ0v) is 14.1. The lowest BCUT2D eigenvalue weighted by atomic mass is 10.0. The van der Waals surface area contributed by atoms with Crippen molar-refractivity contribution in [2.45, 2.75) is 16.1 Å². The number of sulfone groups is 1. The van der Waals surface area contributed by atoms with E-state index in [9.17, 15) is 18.6 Å². The molecule has 0 spiro atoms. The van der Waals surface area contributed by atoms with Gasteiger partial charge < -0.3 is 14.9 Å². The molecule has 0 amide bonds. The zero-order chi connectivity index (χ0) is 17.4. The number of ether oxygens (including phenoxy) is 1. The molecule has 1 aliphatic carbocycles. The molecule has 5 nitrogen and oxygen atoms in total. The van der Waals surface area contributed by atoms with Gasteiger partial charge in [0.05, 0.1) is 30.5 Å². The molecular formula is C18H20O5S. The normalized spacial score (nSPS) is 22.1. The quantitative estimate of drug-likeness (QED) is 0.828. The fourth-order valence-corrected chi connectivity index (χ4v) is 5.89. The van der Waals surface area contributed by atoms with Gasteiger partial charge >= 0.3 is 0 Å². The predicted molar refractivity (Wildman–Crippen MR) is 89.8 cm³/mol. The van der Waals surface area contributed by atoms with Gasteiger partial charge in [-0.2, -0.15) is 0 Å². The minimum atomic E-state index is -3.66. The third kappa shape index (κ3) is 2.51. The first-order chi connectivity index (χ1) is 11.5. The first kappa shape index (κ1) is 17.0. The van der Waals surface area contributed by atoms with Crippen molar-refractivity contribution in [3.05, 3.63) is 60.2 Å². The average Bonchev–Trinajstić information content (AvgIpc) is 3.33. The van der Waals surface area contributed by atoms with Gasteiger partial charge in [-0.05, 0) is 29.8 Å². The molecule has 2 aromatic rings. The molecule has 2 N–H and O–H groups in total. The minimum absolute atomic E-state index is 0.206. The number of methoxy groups -OCH3 is 1. The van der Waals surface area contributed by atoms with Gasteiger partial charge in [-0.1, -0.05) is 30.3 Å². The standard InChI is InChI=1S/C18H20O5S/c1-23-14-9-7-13(8-10-14)16-17(18(16,11-19)12-20)24(21,22)15-5-3-2-4-6-15/h2-10,16-17,19-20H,11-12H2,1H3/t16-,17-/m0/s1. The Morgan fingerprint density at radius 2 is 1.58 bits per heavy atom. The Kier molecular flexibility index (Phi) is 4.38. The fraction of sp³-hybridized carbons (Fsp3) is 0.333. The number of aliphatic hydroxyl groups is 2. The first-order valence-electron chi connectivity index (χ1n) is 7.66. The molecular weight excluding hydrogens is 328 g/mol. The summed E-state index contributed by atoms with van der Waals surface area (Å²) in [5.41, 5.74) is -0.299. The molecule has 1 fully saturated rings. The number of rotatable bonds is 6. The molecule has 0 radical (unpaired) electrons. The van der Waals surface area contributed by atoms with Crippen molar-refractivity contribution < 1.29 is 23.4 Å². The van der Waals surface area contributed by atoms with Crippen LogP contribution < -0.4 is 4.74 Å². The van der Waals surface area contributed by atoms with Crippen LogP contribution in [0.4, 0.5) is 0 Å². The maximum atomic E-state index is 13.0. The van der Waals surface area contributed by atoms with Crippen molar-refractivity contribution in [1.29, 1.82) is 0 Å². The molecule has 0 aromatic heterocycles. The molecule has 6 heteroatoms. The van der Waals surface area contributed by atoms with E-state index in [1.165, 1.54) is 12.1 Å². The highest BCUT2D eigenvalue weighted by Gasteiger charge is 2.70. The summed E-state index contributed by atoms with van der Waals surface area (Å²) >= 11 is 0. The van der Waals surface area contributed by atoms with E-state index in [4.69, 9.17) is 4.74 Å². The molecule has 0 aliphatic heterocycles. The Hall–Kier alpha value is -1.89. The summed E-state index contributed by atoms with van der Waals surface area (Å²) in [6.07, 6.45) is 0. The van der Waals surface area contributed by atoms with Gasteiger partial charge in [0.1, 0.15) is 5.75 Å². The van der Waals surface area contributed by atoms with Crippen LogP contribution in [0.5, 0.6) is 5.75 Å². The van der Waals surface area contributed by atoms with Crippen LogP contribution in [0.2, 0.25) is 0 Å². The van der Waals surface area contributed by atoms with Crippen LogP contribution >= 0.6 is 0 Å². The Morgan fingerprint density at radius 3 is 2.08 bits per heavy atom. The zero-order valence-electron chi connectivity index (χ0n) is 13.3. The average molecular weight is 348 g/mol. The Labute approximate surface area is 141 Å². The minimum Gasteiger partial charge on any atom is -0.497 e. The van der Waals surface area contributed by atoms with E-state index in [1.807, 2.05) is 0 Å². The van der Waals surface area contributed by atoms with Crippen LogP contribution in [-0.2, 0) is 9.84 Å². The lowest BCUT2D eigenvalue weighted by Crippen LogP contribution is -2.22. The molecule has 0 heterocycles. The lowest BCUT2D eigenvalue weighted by Gasteiger charge is -2.11. The largest absolute Gasteiger partial charge is 0.497 e. The number of hydrogen-bond acceptors (Lipinski definition) is 5. The van der Waals surface area contributed by atoms with E-state index in [0.717, 1.165) is 5.56 Å². The number of hydrogen-bond donors (Lipinski definition) is 2. The molecule has 1 aliphatic rings. The van der Waals surface area contributed by atoms with Crippen LogP contribution in [-0.4, -0.2) is 44.2 Å². The Morgan fingerprint density at radius 1 is 1.00 bits per heavy atom. The third-order valence-corrected chi connectivity index (χ3v) is 7.19. The van der Waals surface area contributed by atoms with E-state index in [0.29, 0.717) is 5.75 Å². The van der Waals surface area contributed by atoms with Crippen molar-refractivity contribution in [3.8, 4) is 5.75 Å². The maximum absolute atomic E-state index is 13.0. The summed E-state index contributed by atoms with van der Waals surface area (Å²) in [5, 5.41) is 18.8. The molecule has 3 rings (SSSR count). The molecule has 0 bridgehead atoms. The highest BCUT2D eigenvalue weighted by molar-refractivity contribution is 7.92. The maximum Gasteiger partial charge on any atom is 0.182 e. The Balaban J connectivity index is 2.02. The van der Waals surface area contributed by atoms with Crippen molar-refractivity contribution in [3.63, 3.8) is 0 Å². The van der Waals surface area contributed by atoms with Crippen LogP contribution in [0.3, 0.4) is 0 Å². The first-order valence-corrected chi connectivity index (χ1v) is 9.20. The van der Waals surface area contributed by atoms with Crippen LogP contribution in [0.15, 0.2) is 59.5 Å². The van der Waals surface area contributed by atoms with Crippen molar-refractivity contribution in [1.82, 2.24) is 0 Å². The molecule has 2 atom stereocenters. The Bertz CT molecular complexity index is 795. The SMILES string of the molecule is COc1ccc([C@H]2[C@H](S(=O)(=O)c3ccccc3)C2(CO)CO)cc1. The van der Waals surface area contributed by atoms with Crippen molar-refractivity contribution >= 4 is 9.84 Å². The van der Waals surface area contributed by atoms with Crippen LogP contribution in [0, 0.1) is 5.41 Å². The van der Waals surface area contributed by atoms with Gasteiger partial charge in [0.2, 0.25) is 0 Å². The lowest BCUT2D eigenvalue weighted by molar-refractivity contribution is 0.130. The van der Waals surface area contributed by atoms with E-state index in [1.54, 1.807) is 49.6 Å². The molecule has 0 unspecified atom stereocenters. The smallest absolute Gasteiger partial charge is 0.182 e. The second kappa shape index (κ2) is 6.20. The summed E-state index contributed by atoms with van der Waals surface area (Å²) in [4.78, 5) is 0.206. The molecule has 2 aromatic carbocycles. The van der Waals surface area contributed by atoms with Gasteiger partial charge in [0, 0.05) is 11.3 Å². The second-order valence-electron chi connectivity index (χ2n) is 6.08. The summed E-state index contributed by atoms with van der Waals surface area (Å²) in [7, 11) is -2.11. The van der Waals surface area contributed by atoms with E-state index in [-0.39, 0.29) is 4.90 Å². The van der Waals surface area contributed by atoms with Gasteiger partial charge in [-0.3, -0.25) is 0 Å². The molecule has 0 saturated heterocycles. The highest BCUT2D eigenvalue weighted by Crippen LogP contribution is 2.63. The highest BCUT2D eigenvalue weighted by atomic mass is 32.2. The predicted octanol–water partition coefficient (Wildman–Crippen LogP) is 1.61. The molecule has 1 saturated carbocycles. The van der Waals surface area contributed by atoms with E-state index >= 15 is 0 Å². The number of benzene rings is 2. The van der Waals surface area contributed by atoms with Crippen LogP contribution in [0.1, 0.15) is 11.5 Å². The van der Waals surface area contributed by atoms with E-state index < -0.39 is 39.6 Å². The third-order valence-electron chi connectivity index (χ3n) is 4.85. The number of aliphatic hydroxyl groups excluding tert-OH is 2. The topological polar surface area (TPSA) is 83.8 Å². The van der Waals surface area contributed by atoms with Crippen molar-refractivity contribution in [2.24, 2.45) is 5.41 Å². The van der Waals surface area contributed by atoms with E-state index in [2.05, 4.69) is 0 Å². The van der Waals surface area contributed by atoms with Crippen molar-refractivity contribution in [2.75, 3.05) is 20.3 Å². The fourth-order valence-electron chi connectivity index (χ4n) is 3.44. The summed E-state index contributed by atoms with van der Waals surface area (Å²) in [6.45, 7) is -0.784. The summed E-state index contributed by atoms with van der Waals surface area (Å²) in [6, 6.07) is 15.2. The summed E-state index contributed by atoms with van der Waals surface area (Å²) < 4.78 is 31.1. The van der Waals surface area contributed by atoms with Gasteiger partial charge in [0.25, 0.3) is 0 Å². The molecule has 24 heavy (non-hydrogen) atoms. The second-order valence-corrected chi connectivity index (χ2v) is 8.15. The van der Waals surface area contributed by atoms with Crippen LogP contribution in [0.25, 0.3) is 0 Å². The monoisotopic (exact) mass is 348 g/mol. The van der Waals surface area contributed by atoms with Gasteiger partial charge in [-0.15, -0.1) is 0 Å². The summed E-state index contributed by atoms with van der Waals surface area (Å²) in [5.74, 6) is 0.212. The van der Waals surface area contributed by atoms with Gasteiger partial charge in [-0.25, -0.2) is 8.42 Å². The molecule has 128 valence electrons. The van der Waals surface area contributed by atoms with Gasteiger partial charge in [0.15, 0.2) is 9.84 Å².